The van der Waals surface area contributed by atoms with E-state index in [1.807, 2.05) is 17.5 Å². The van der Waals surface area contributed by atoms with Crippen LogP contribution >= 0.6 is 23.1 Å². The summed E-state index contributed by atoms with van der Waals surface area (Å²) in [6, 6.07) is 4.21. The zero-order chi connectivity index (χ0) is 13.9. The van der Waals surface area contributed by atoms with Crippen LogP contribution in [0, 0.1) is 0 Å². The van der Waals surface area contributed by atoms with Crippen LogP contribution in [-0.4, -0.2) is 49.6 Å². The minimum atomic E-state index is -3.02. The Balaban J connectivity index is 1.86. The highest BCUT2D eigenvalue weighted by molar-refractivity contribution is 8.01. The van der Waals surface area contributed by atoms with Gasteiger partial charge in [0, 0.05) is 18.8 Å². The Morgan fingerprint density at radius 3 is 2.79 bits per heavy atom. The first-order chi connectivity index (χ1) is 8.96. The molecule has 0 aliphatic heterocycles. The van der Waals surface area contributed by atoms with Gasteiger partial charge in [-0.3, -0.25) is 4.79 Å². The van der Waals surface area contributed by atoms with Crippen molar-refractivity contribution in [3.63, 3.8) is 0 Å². The maximum atomic E-state index is 12.2. The molecule has 2 rings (SSSR count). The van der Waals surface area contributed by atoms with E-state index in [0.29, 0.717) is 12.3 Å². The van der Waals surface area contributed by atoms with E-state index < -0.39 is 9.84 Å². The standard InChI is InChI=1S/C12H17NO3S3/c1-19(15,16)8-6-13(10-4-5-10)11(14)9-18-12-3-2-7-17-12/h2-3,7,10H,4-6,8-9H2,1H3. The fourth-order valence-electron chi connectivity index (χ4n) is 1.72. The Labute approximate surface area is 122 Å². The van der Waals surface area contributed by atoms with Crippen LogP contribution in [0.4, 0.5) is 0 Å². The van der Waals surface area contributed by atoms with Crippen LogP contribution in [-0.2, 0) is 14.6 Å². The molecule has 0 radical (unpaired) electrons. The third-order valence-electron chi connectivity index (χ3n) is 2.84. The van der Waals surface area contributed by atoms with Crippen molar-refractivity contribution in [3.05, 3.63) is 17.5 Å². The van der Waals surface area contributed by atoms with Crippen molar-refractivity contribution in [2.24, 2.45) is 0 Å². The van der Waals surface area contributed by atoms with Crippen molar-refractivity contribution in [2.75, 3.05) is 24.3 Å². The molecule has 1 aliphatic rings. The molecule has 0 unspecified atom stereocenters. The fraction of sp³-hybridized carbons (Fsp3) is 0.583. The summed E-state index contributed by atoms with van der Waals surface area (Å²) >= 11 is 3.13. The summed E-state index contributed by atoms with van der Waals surface area (Å²) < 4.78 is 23.5. The maximum absolute atomic E-state index is 12.2. The summed E-state index contributed by atoms with van der Waals surface area (Å²) in [7, 11) is -3.02. The van der Waals surface area contributed by atoms with Gasteiger partial charge in [-0.15, -0.1) is 23.1 Å². The van der Waals surface area contributed by atoms with Gasteiger partial charge in [0.25, 0.3) is 0 Å². The highest BCUT2D eigenvalue weighted by Gasteiger charge is 2.32. The molecular formula is C12H17NO3S3. The molecule has 1 heterocycles. The second-order valence-electron chi connectivity index (χ2n) is 4.67. The molecule has 0 spiro atoms. The average molecular weight is 319 g/mol. The number of nitrogens with zero attached hydrogens (tertiary/aromatic N) is 1. The van der Waals surface area contributed by atoms with Crippen molar-refractivity contribution in [2.45, 2.75) is 23.1 Å². The van der Waals surface area contributed by atoms with Crippen LogP contribution in [0.1, 0.15) is 12.8 Å². The Hall–Kier alpha value is -0.530. The molecule has 7 heteroatoms. The molecule has 0 bridgehead atoms. The van der Waals surface area contributed by atoms with Gasteiger partial charge in [-0.25, -0.2) is 8.42 Å². The molecule has 19 heavy (non-hydrogen) atoms. The van der Waals surface area contributed by atoms with Gasteiger partial charge in [0.15, 0.2) is 0 Å². The fourth-order valence-corrected chi connectivity index (χ4v) is 3.92. The summed E-state index contributed by atoms with van der Waals surface area (Å²) in [6.07, 6.45) is 3.21. The minimum absolute atomic E-state index is 0.0459. The van der Waals surface area contributed by atoms with Gasteiger partial charge >= 0.3 is 0 Å². The second kappa shape index (κ2) is 6.28. The maximum Gasteiger partial charge on any atom is 0.233 e. The number of hydrogen-bond donors (Lipinski definition) is 0. The van der Waals surface area contributed by atoms with E-state index in [9.17, 15) is 13.2 Å². The normalized spacial score (nSPS) is 15.4. The topological polar surface area (TPSA) is 54.5 Å². The summed E-state index contributed by atoms with van der Waals surface area (Å²) in [4.78, 5) is 13.9. The molecular weight excluding hydrogens is 302 g/mol. The number of rotatable bonds is 7. The number of sulfone groups is 1. The molecule has 0 saturated heterocycles. The Bertz CT molecular complexity index is 520. The first-order valence-corrected chi connectivity index (χ1v) is 10.0. The highest BCUT2D eigenvalue weighted by atomic mass is 32.2. The highest BCUT2D eigenvalue weighted by Crippen LogP contribution is 2.29. The first-order valence-electron chi connectivity index (χ1n) is 6.09. The number of thioether (sulfide) groups is 1. The van der Waals surface area contributed by atoms with Crippen LogP contribution in [0.3, 0.4) is 0 Å². The van der Waals surface area contributed by atoms with Crippen LogP contribution in [0.25, 0.3) is 0 Å². The Morgan fingerprint density at radius 1 is 1.53 bits per heavy atom. The van der Waals surface area contributed by atoms with Crippen molar-refractivity contribution in [3.8, 4) is 0 Å². The van der Waals surface area contributed by atoms with Gasteiger partial charge in [-0.2, -0.15) is 0 Å². The van der Waals surface area contributed by atoms with E-state index in [-0.39, 0.29) is 17.7 Å². The average Bonchev–Trinajstić information content (AvgIpc) is 3.02. The van der Waals surface area contributed by atoms with Crippen molar-refractivity contribution in [1.82, 2.24) is 4.90 Å². The lowest BCUT2D eigenvalue weighted by molar-refractivity contribution is -0.128. The van der Waals surface area contributed by atoms with Crippen LogP contribution in [0.15, 0.2) is 21.7 Å². The molecule has 1 fully saturated rings. The first kappa shape index (κ1) is 14.9. The van der Waals surface area contributed by atoms with Gasteiger partial charge in [-0.05, 0) is 24.3 Å². The summed E-state index contributed by atoms with van der Waals surface area (Å²) in [5.74, 6) is 0.490. The van der Waals surface area contributed by atoms with E-state index in [0.717, 1.165) is 17.1 Å². The molecule has 0 atom stereocenters. The third kappa shape index (κ3) is 5.16. The molecule has 1 aromatic heterocycles. The smallest absolute Gasteiger partial charge is 0.233 e. The number of carbonyl (C=O) groups excluding carboxylic acids is 1. The third-order valence-corrected chi connectivity index (χ3v) is 5.88. The number of hydrogen-bond acceptors (Lipinski definition) is 5. The largest absolute Gasteiger partial charge is 0.338 e. The summed E-state index contributed by atoms with van der Waals surface area (Å²) in [6.45, 7) is 0.327. The molecule has 4 nitrogen and oxygen atoms in total. The molecule has 1 amide bonds. The second-order valence-corrected chi connectivity index (χ2v) is 9.15. The number of amides is 1. The molecule has 0 N–H and O–H groups in total. The molecule has 106 valence electrons. The van der Waals surface area contributed by atoms with Crippen molar-refractivity contribution < 1.29 is 13.2 Å². The lowest BCUT2D eigenvalue weighted by atomic mass is 10.4. The zero-order valence-corrected chi connectivity index (χ0v) is 13.2. The molecule has 1 aromatic rings. The monoisotopic (exact) mass is 319 g/mol. The zero-order valence-electron chi connectivity index (χ0n) is 10.7. The summed E-state index contributed by atoms with van der Waals surface area (Å²) in [5.41, 5.74) is 0. The Kier molecular flexibility index (Phi) is 4.92. The van der Waals surface area contributed by atoms with Crippen LogP contribution in [0.5, 0.6) is 0 Å². The van der Waals surface area contributed by atoms with E-state index in [4.69, 9.17) is 0 Å². The quantitative estimate of drug-likeness (QED) is 0.720. The lowest BCUT2D eigenvalue weighted by Gasteiger charge is -2.21. The number of thiophene rings is 1. The predicted molar refractivity (Wildman–Crippen MR) is 79.5 cm³/mol. The van der Waals surface area contributed by atoms with Gasteiger partial charge in [0.05, 0.1) is 15.7 Å². The van der Waals surface area contributed by atoms with Gasteiger partial charge in [-0.1, -0.05) is 6.07 Å². The molecule has 1 saturated carbocycles. The Morgan fingerprint density at radius 2 is 2.26 bits per heavy atom. The van der Waals surface area contributed by atoms with E-state index in [2.05, 4.69) is 0 Å². The van der Waals surface area contributed by atoms with Crippen LogP contribution in [0.2, 0.25) is 0 Å². The van der Waals surface area contributed by atoms with E-state index in [1.54, 1.807) is 16.2 Å². The van der Waals surface area contributed by atoms with Crippen molar-refractivity contribution in [1.29, 1.82) is 0 Å². The molecule has 0 aromatic carbocycles. The SMILES string of the molecule is CS(=O)(=O)CCN(C(=O)CSc1cccs1)C1CC1. The summed E-state index contributed by atoms with van der Waals surface area (Å²) in [5, 5.41) is 1.98. The van der Waals surface area contributed by atoms with Gasteiger partial charge in [0.2, 0.25) is 5.91 Å². The van der Waals surface area contributed by atoms with Crippen LogP contribution < -0.4 is 0 Å². The van der Waals surface area contributed by atoms with E-state index in [1.165, 1.54) is 18.0 Å². The van der Waals surface area contributed by atoms with Gasteiger partial charge < -0.3 is 4.90 Å². The lowest BCUT2D eigenvalue weighted by Crippen LogP contribution is -2.37. The predicted octanol–water partition coefficient (Wildman–Crippen LogP) is 1.88. The molecule has 1 aliphatic carbocycles. The van der Waals surface area contributed by atoms with Gasteiger partial charge in [0.1, 0.15) is 9.84 Å². The minimum Gasteiger partial charge on any atom is -0.338 e. The van der Waals surface area contributed by atoms with Crippen molar-refractivity contribution >= 4 is 38.8 Å². The van der Waals surface area contributed by atoms with E-state index >= 15 is 0 Å². The number of carbonyl (C=O) groups is 1.